The molecule has 6 nitrogen and oxygen atoms in total. The first kappa shape index (κ1) is 22.7. The molecule has 0 aliphatic heterocycles. The van der Waals surface area contributed by atoms with Crippen molar-refractivity contribution in [3.63, 3.8) is 0 Å². The van der Waals surface area contributed by atoms with Crippen LogP contribution >= 0.6 is 0 Å². The van der Waals surface area contributed by atoms with Crippen molar-refractivity contribution in [2.24, 2.45) is 0 Å². The van der Waals surface area contributed by atoms with Crippen LogP contribution in [0.3, 0.4) is 0 Å². The quantitative estimate of drug-likeness (QED) is 0.505. The van der Waals surface area contributed by atoms with Gasteiger partial charge in [-0.05, 0) is 55.7 Å². The number of unbranched alkanes of at least 4 members (excludes halogenated alkanes) is 2. The van der Waals surface area contributed by atoms with Crippen LogP contribution in [0.2, 0.25) is 0 Å². The maximum Gasteiger partial charge on any atom is 0.253 e. The monoisotopic (exact) mass is 443 g/mol. The van der Waals surface area contributed by atoms with Gasteiger partial charge in [0, 0.05) is 36.7 Å². The average molecular weight is 444 g/mol. The van der Waals surface area contributed by atoms with E-state index in [0.29, 0.717) is 12.1 Å². The standard InChI is InChI=1S/C23H26FN3O3S/c1-27(23(28)18-9-7-12-21(15-18)31(2,29)30)13-5-3-4-11-20-16-22(26-25-20)17-8-6-10-19(24)14-17/h6-10,12,14-16H,3-5,11,13H2,1-2H3,(H,25,26). The van der Waals surface area contributed by atoms with Crippen LogP contribution < -0.4 is 0 Å². The van der Waals surface area contributed by atoms with Gasteiger partial charge in [0.05, 0.1) is 10.6 Å². The number of aryl methyl sites for hydroxylation is 1. The van der Waals surface area contributed by atoms with Crippen LogP contribution in [0.25, 0.3) is 11.3 Å². The molecule has 1 aromatic heterocycles. The summed E-state index contributed by atoms with van der Waals surface area (Å²) in [4.78, 5) is 14.3. The van der Waals surface area contributed by atoms with Crippen LogP contribution in [0.4, 0.5) is 4.39 Å². The lowest BCUT2D eigenvalue weighted by molar-refractivity contribution is 0.0792. The summed E-state index contributed by atoms with van der Waals surface area (Å²) in [6, 6.07) is 14.4. The van der Waals surface area contributed by atoms with Crippen molar-refractivity contribution in [1.29, 1.82) is 0 Å². The van der Waals surface area contributed by atoms with Crippen LogP contribution in [0, 0.1) is 5.82 Å². The van der Waals surface area contributed by atoms with Gasteiger partial charge in [0.2, 0.25) is 0 Å². The van der Waals surface area contributed by atoms with Crippen LogP contribution in [-0.4, -0.2) is 49.3 Å². The molecule has 8 heteroatoms. The molecule has 0 saturated heterocycles. The second-order valence-electron chi connectivity index (χ2n) is 7.63. The van der Waals surface area contributed by atoms with Crippen molar-refractivity contribution in [1.82, 2.24) is 15.1 Å². The fourth-order valence-corrected chi connectivity index (χ4v) is 3.98. The van der Waals surface area contributed by atoms with Gasteiger partial charge in [-0.3, -0.25) is 9.89 Å². The van der Waals surface area contributed by atoms with Gasteiger partial charge < -0.3 is 4.90 Å². The van der Waals surface area contributed by atoms with Gasteiger partial charge >= 0.3 is 0 Å². The van der Waals surface area contributed by atoms with E-state index >= 15 is 0 Å². The van der Waals surface area contributed by atoms with Crippen molar-refractivity contribution in [2.75, 3.05) is 19.8 Å². The van der Waals surface area contributed by atoms with E-state index in [4.69, 9.17) is 0 Å². The van der Waals surface area contributed by atoms with Crippen LogP contribution in [0.1, 0.15) is 35.3 Å². The summed E-state index contributed by atoms with van der Waals surface area (Å²) in [5, 5.41) is 7.24. The van der Waals surface area contributed by atoms with Gasteiger partial charge in [-0.15, -0.1) is 0 Å². The average Bonchev–Trinajstić information content (AvgIpc) is 3.21. The molecular weight excluding hydrogens is 417 g/mol. The number of amides is 1. The van der Waals surface area contributed by atoms with Crippen molar-refractivity contribution in [3.8, 4) is 11.3 Å². The number of halogens is 1. The SMILES string of the molecule is CN(CCCCCc1cc(-c2cccc(F)c2)n[nH]1)C(=O)c1cccc(S(C)(=O)=O)c1. The Balaban J connectivity index is 1.44. The highest BCUT2D eigenvalue weighted by Crippen LogP contribution is 2.19. The molecule has 0 saturated carbocycles. The lowest BCUT2D eigenvalue weighted by Gasteiger charge is -2.17. The van der Waals surface area contributed by atoms with Gasteiger partial charge in [0.15, 0.2) is 9.84 Å². The zero-order valence-electron chi connectivity index (χ0n) is 17.6. The van der Waals surface area contributed by atoms with E-state index in [-0.39, 0.29) is 16.6 Å². The number of benzene rings is 2. The van der Waals surface area contributed by atoms with Gasteiger partial charge in [-0.1, -0.05) is 24.6 Å². The summed E-state index contributed by atoms with van der Waals surface area (Å²) in [6.07, 6.45) is 4.63. The summed E-state index contributed by atoms with van der Waals surface area (Å²) < 4.78 is 36.7. The Morgan fingerprint density at radius 1 is 1.06 bits per heavy atom. The molecule has 0 unspecified atom stereocenters. The fourth-order valence-electron chi connectivity index (χ4n) is 3.31. The Bertz CT molecular complexity index is 1160. The number of carbonyl (C=O) groups is 1. The second-order valence-corrected chi connectivity index (χ2v) is 9.64. The molecule has 1 N–H and O–H groups in total. The molecule has 1 heterocycles. The number of carbonyl (C=O) groups excluding carboxylic acids is 1. The van der Waals surface area contributed by atoms with Gasteiger partial charge in [-0.2, -0.15) is 5.10 Å². The molecule has 0 bridgehead atoms. The minimum Gasteiger partial charge on any atom is -0.342 e. The largest absolute Gasteiger partial charge is 0.342 e. The van der Waals surface area contributed by atoms with Crippen LogP contribution in [0.15, 0.2) is 59.5 Å². The van der Waals surface area contributed by atoms with Gasteiger partial charge in [-0.25, -0.2) is 12.8 Å². The molecule has 0 aliphatic carbocycles. The number of hydrogen-bond donors (Lipinski definition) is 1. The molecule has 164 valence electrons. The predicted molar refractivity (Wildman–Crippen MR) is 118 cm³/mol. The number of nitrogens with one attached hydrogen (secondary N) is 1. The molecule has 0 aliphatic rings. The second kappa shape index (κ2) is 9.87. The summed E-state index contributed by atoms with van der Waals surface area (Å²) >= 11 is 0. The van der Waals surface area contributed by atoms with Gasteiger partial charge in [0.25, 0.3) is 5.91 Å². The molecule has 0 spiro atoms. The van der Waals surface area contributed by atoms with E-state index in [1.165, 1.54) is 24.3 Å². The van der Waals surface area contributed by atoms with Crippen molar-refractivity contribution in [2.45, 2.75) is 30.6 Å². The molecule has 0 fully saturated rings. The van der Waals surface area contributed by atoms with E-state index in [1.807, 2.05) is 12.1 Å². The minimum absolute atomic E-state index is 0.143. The highest BCUT2D eigenvalue weighted by Gasteiger charge is 2.15. The smallest absolute Gasteiger partial charge is 0.253 e. The predicted octanol–water partition coefficient (Wildman–Crippen LogP) is 4.10. The Hall–Kier alpha value is -3.00. The zero-order valence-corrected chi connectivity index (χ0v) is 18.5. The van der Waals surface area contributed by atoms with Gasteiger partial charge in [0.1, 0.15) is 5.82 Å². The van der Waals surface area contributed by atoms with E-state index in [1.54, 1.807) is 30.1 Å². The highest BCUT2D eigenvalue weighted by molar-refractivity contribution is 7.90. The third-order valence-corrected chi connectivity index (χ3v) is 6.16. The molecule has 31 heavy (non-hydrogen) atoms. The molecule has 3 rings (SSSR count). The molecule has 0 radical (unpaired) electrons. The Labute approximate surface area is 182 Å². The van der Waals surface area contributed by atoms with E-state index in [2.05, 4.69) is 10.2 Å². The lowest BCUT2D eigenvalue weighted by Crippen LogP contribution is -2.27. The molecule has 1 amide bonds. The number of H-pyrrole nitrogens is 1. The Kier molecular flexibility index (Phi) is 7.22. The number of aromatic amines is 1. The number of sulfone groups is 1. The summed E-state index contributed by atoms with van der Waals surface area (Å²) in [5.41, 5.74) is 2.81. The first-order valence-electron chi connectivity index (χ1n) is 10.1. The molecule has 2 aromatic carbocycles. The third-order valence-electron chi connectivity index (χ3n) is 5.05. The maximum atomic E-state index is 13.4. The van der Waals surface area contributed by atoms with E-state index in [9.17, 15) is 17.6 Å². The van der Waals surface area contributed by atoms with E-state index < -0.39 is 9.84 Å². The zero-order chi connectivity index (χ0) is 22.4. The molecule has 0 atom stereocenters. The topological polar surface area (TPSA) is 83.1 Å². The van der Waals surface area contributed by atoms with Crippen molar-refractivity contribution < 1.29 is 17.6 Å². The van der Waals surface area contributed by atoms with E-state index in [0.717, 1.165) is 48.9 Å². The summed E-state index contributed by atoms with van der Waals surface area (Å²) in [7, 11) is -1.63. The lowest BCUT2D eigenvalue weighted by atomic mass is 10.1. The normalized spacial score (nSPS) is 11.5. The fraction of sp³-hybridized carbons (Fsp3) is 0.304. The number of aromatic nitrogens is 2. The third kappa shape index (κ3) is 6.24. The number of rotatable bonds is 9. The number of nitrogens with zero attached hydrogens (tertiary/aromatic N) is 2. The first-order chi connectivity index (χ1) is 14.7. The molecular formula is C23H26FN3O3S. The molecule has 3 aromatic rings. The highest BCUT2D eigenvalue weighted by atomic mass is 32.2. The van der Waals surface area contributed by atoms with Crippen molar-refractivity contribution in [3.05, 3.63) is 71.7 Å². The maximum absolute atomic E-state index is 13.4. The summed E-state index contributed by atoms with van der Waals surface area (Å²) in [6.45, 7) is 0.583. The number of hydrogen-bond acceptors (Lipinski definition) is 4. The minimum atomic E-state index is -3.35. The Morgan fingerprint density at radius 2 is 1.84 bits per heavy atom. The van der Waals surface area contributed by atoms with Crippen LogP contribution in [-0.2, 0) is 16.3 Å². The Morgan fingerprint density at radius 3 is 2.58 bits per heavy atom. The summed E-state index contributed by atoms with van der Waals surface area (Å²) in [5.74, 6) is -0.484. The first-order valence-corrected chi connectivity index (χ1v) is 12.0. The van der Waals surface area contributed by atoms with Crippen molar-refractivity contribution >= 4 is 15.7 Å². The van der Waals surface area contributed by atoms with Crippen LogP contribution in [0.5, 0.6) is 0 Å².